The molecule has 0 saturated carbocycles. The number of amides is 2. The standard InChI is InChI=1S/C21H19Cl2N5O2/c22-15-5-6-19(24-13-15)25-20(29)14-7-10-27(11-8-14)21(30)17-9-12-28(26-17)18-4-2-1-3-16(18)23/h1-6,9,12-14H,7-8,10-11H2,(H,24,25,29). The van der Waals surface area contributed by atoms with E-state index >= 15 is 0 Å². The number of anilines is 1. The molecule has 3 heterocycles. The predicted octanol–water partition coefficient (Wildman–Crippen LogP) is 4.07. The fourth-order valence-electron chi connectivity index (χ4n) is 3.39. The van der Waals surface area contributed by atoms with Gasteiger partial charge in [0.15, 0.2) is 5.69 Å². The quantitative estimate of drug-likeness (QED) is 0.658. The first-order valence-corrected chi connectivity index (χ1v) is 10.3. The first-order valence-electron chi connectivity index (χ1n) is 9.53. The molecule has 154 valence electrons. The van der Waals surface area contributed by atoms with Crippen LogP contribution in [0.15, 0.2) is 54.9 Å². The molecule has 7 nitrogen and oxygen atoms in total. The van der Waals surface area contributed by atoms with E-state index < -0.39 is 0 Å². The van der Waals surface area contributed by atoms with Crippen LogP contribution in [0.25, 0.3) is 5.69 Å². The van der Waals surface area contributed by atoms with Crippen LogP contribution < -0.4 is 5.32 Å². The molecule has 1 N–H and O–H groups in total. The summed E-state index contributed by atoms with van der Waals surface area (Å²) in [5.74, 6) is 0.0409. The Bertz CT molecular complexity index is 1060. The van der Waals surface area contributed by atoms with E-state index in [1.165, 1.54) is 6.20 Å². The van der Waals surface area contributed by atoms with E-state index in [4.69, 9.17) is 23.2 Å². The zero-order valence-corrected chi connectivity index (χ0v) is 17.5. The number of hydrogen-bond acceptors (Lipinski definition) is 4. The highest BCUT2D eigenvalue weighted by atomic mass is 35.5. The minimum absolute atomic E-state index is 0.0973. The number of benzene rings is 1. The summed E-state index contributed by atoms with van der Waals surface area (Å²) in [7, 11) is 0. The summed E-state index contributed by atoms with van der Waals surface area (Å²) in [5, 5.41) is 8.25. The Labute approximate surface area is 183 Å². The Morgan fingerprint density at radius 3 is 2.50 bits per heavy atom. The van der Waals surface area contributed by atoms with E-state index in [9.17, 15) is 9.59 Å². The van der Waals surface area contributed by atoms with E-state index in [1.807, 2.05) is 18.2 Å². The lowest BCUT2D eigenvalue weighted by Gasteiger charge is -2.30. The van der Waals surface area contributed by atoms with Crippen LogP contribution in [0.4, 0.5) is 5.82 Å². The Morgan fingerprint density at radius 1 is 1.03 bits per heavy atom. The van der Waals surface area contributed by atoms with E-state index in [0.717, 1.165) is 0 Å². The number of carbonyl (C=O) groups is 2. The number of pyridine rings is 1. The number of aromatic nitrogens is 3. The van der Waals surface area contributed by atoms with Crippen molar-refractivity contribution in [2.75, 3.05) is 18.4 Å². The lowest BCUT2D eigenvalue weighted by molar-refractivity contribution is -0.121. The van der Waals surface area contributed by atoms with Crippen molar-refractivity contribution in [2.24, 2.45) is 5.92 Å². The van der Waals surface area contributed by atoms with Gasteiger partial charge in [-0.1, -0.05) is 35.3 Å². The predicted molar refractivity (Wildman–Crippen MR) is 115 cm³/mol. The van der Waals surface area contributed by atoms with Crippen molar-refractivity contribution in [1.29, 1.82) is 0 Å². The van der Waals surface area contributed by atoms with Gasteiger partial charge in [-0.15, -0.1) is 0 Å². The summed E-state index contributed by atoms with van der Waals surface area (Å²) in [6.07, 6.45) is 4.36. The Balaban J connectivity index is 1.35. The van der Waals surface area contributed by atoms with Crippen LogP contribution in [0.5, 0.6) is 0 Å². The lowest BCUT2D eigenvalue weighted by Crippen LogP contribution is -2.41. The van der Waals surface area contributed by atoms with Gasteiger partial charge in [-0.3, -0.25) is 9.59 Å². The highest BCUT2D eigenvalue weighted by molar-refractivity contribution is 6.32. The molecule has 1 fully saturated rings. The van der Waals surface area contributed by atoms with Gasteiger partial charge in [0, 0.05) is 31.4 Å². The molecule has 2 amide bonds. The molecule has 1 aliphatic heterocycles. The number of para-hydroxylation sites is 1. The fraction of sp³-hybridized carbons (Fsp3) is 0.238. The van der Waals surface area contributed by atoms with Gasteiger partial charge in [0.05, 0.1) is 15.7 Å². The van der Waals surface area contributed by atoms with Crippen LogP contribution in [-0.2, 0) is 4.79 Å². The van der Waals surface area contributed by atoms with Crippen LogP contribution in [0.1, 0.15) is 23.3 Å². The van der Waals surface area contributed by atoms with Crippen molar-refractivity contribution in [2.45, 2.75) is 12.8 Å². The van der Waals surface area contributed by atoms with Crippen molar-refractivity contribution in [3.05, 3.63) is 70.6 Å². The molecule has 0 unspecified atom stereocenters. The third-order valence-electron chi connectivity index (χ3n) is 5.04. The van der Waals surface area contributed by atoms with Gasteiger partial charge in [-0.2, -0.15) is 5.10 Å². The molecule has 0 spiro atoms. The second kappa shape index (κ2) is 8.85. The Morgan fingerprint density at radius 2 is 1.80 bits per heavy atom. The molecule has 0 bridgehead atoms. The highest BCUT2D eigenvalue weighted by Crippen LogP contribution is 2.22. The summed E-state index contributed by atoms with van der Waals surface area (Å²) < 4.78 is 1.59. The van der Waals surface area contributed by atoms with Crippen LogP contribution in [0.3, 0.4) is 0 Å². The van der Waals surface area contributed by atoms with Gasteiger partial charge >= 0.3 is 0 Å². The number of rotatable bonds is 4. The molecule has 2 aromatic heterocycles. The SMILES string of the molecule is O=C(Nc1ccc(Cl)cn1)C1CCN(C(=O)c2ccn(-c3ccccc3Cl)n2)CC1. The Hall–Kier alpha value is -2.90. The van der Waals surface area contributed by atoms with Crippen molar-refractivity contribution in [3.63, 3.8) is 0 Å². The molecule has 30 heavy (non-hydrogen) atoms. The van der Waals surface area contributed by atoms with E-state index in [1.54, 1.807) is 40.0 Å². The third kappa shape index (κ3) is 4.47. The maximum atomic E-state index is 12.8. The van der Waals surface area contributed by atoms with Gasteiger partial charge in [-0.25, -0.2) is 9.67 Å². The third-order valence-corrected chi connectivity index (χ3v) is 5.58. The number of halogens is 2. The number of carbonyl (C=O) groups excluding carboxylic acids is 2. The molecule has 0 radical (unpaired) electrons. The highest BCUT2D eigenvalue weighted by Gasteiger charge is 2.29. The van der Waals surface area contributed by atoms with Gasteiger partial charge in [0.1, 0.15) is 5.82 Å². The van der Waals surface area contributed by atoms with Crippen molar-refractivity contribution in [1.82, 2.24) is 19.7 Å². The van der Waals surface area contributed by atoms with E-state index in [-0.39, 0.29) is 17.7 Å². The minimum Gasteiger partial charge on any atom is -0.337 e. The van der Waals surface area contributed by atoms with Gasteiger partial charge < -0.3 is 10.2 Å². The number of likely N-dealkylation sites (tertiary alicyclic amines) is 1. The second-order valence-corrected chi connectivity index (χ2v) is 7.86. The van der Waals surface area contributed by atoms with E-state index in [2.05, 4.69) is 15.4 Å². The lowest BCUT2D eigenvalue weighted by atomic mass is 9.95. The van der Waals surface area contributed by atoms with Crippen molar-refractivity contribution < 1.29 is 9.59 Å². The first-order chi connectivity index (χ1) is 14.5. The van der Waals surface area contributed by atoms with Gasteiger partial charge in [-0.05, 0) is 43.2 Å². The summed E-state index contributed by atoms with van der Waals surface area (Å²) in [5.41, 5.74) is 1.06. The summed E-state index contributed by atoms with van der Waals surface area (Å²) in [6, 6.07) is 12.3. The van der Waals surface area contributed by atoms with Crippen LogP contribution in [0, 0.1) is 5.92 Å². The van der Waals surface area contributed by atoms with Crippen molar-refractivity contribution in [3.8, 4) is 5.69 Å². The number of piperidine rings is 1. The molecule has 1 aliphatic rings. The number of hydrogen-bond donors (Lipinski definition) is 1. The smallest absolute Gasteiger partial charge is 0.274 e. The molecular formula is C21H19Cl2N5O2. The van der Waals surface area contributed by atoms with E-state index in [0.29, 0.717) is 53.2 Å². The molecular weight excluding hydrogens is 425 g/mol. The summed E-state index contributed by atoms with van der Waals surface area (Å²) in [4.78, 5) is 31.1. The molecule has 1 aromatic carbocycles. The van der Waals surface area contributed by atoms with Crippen LogP contribution >= 0.6 is 23.2 Å². The topological polar surface area (TPSA) is 80.1 Å². The molecule has 3 aromatic rings. The molecule has 0 atom stereocenters. The zero-order chi connectivity index (χ0) is 21.1. The maximum absolute atomic E-state index is 12.8. The van der Waals surface area contributed by atoms with Crippen LogP contribution in [-0.4, -0.2) is 44.6 Å². The van der Waals surface area contributed by atoms with Crippen LogP contribution in [0.2, 0.25) is 10.0 Å². The summed E-state index contributed by atoms with van der Waals surface area (Å²) >= 11 is 12.0. The minimum atomic E-state index is -0.174. The second-order valence-electron chi connectivity index (χ2n) is 7.01. The normalized spacial score (nSPS) is 14.5. The fourth-order valence-corrected chi connectivity index (χ4v) is 3.73. The maximum Gasteiger partial charge on any atom is 0.274 e. The van der Waals surface area contributed by atoms with Gasteiger partial charge in [0.25, 0.3) is 5.91 Å². The van der Waals surface area contributed by atoms with Crippen molar-refractivity contribution >= 4 is 40.8 Å². The summed E-state index contributed by atoms with van der Waals surface area (Å²) in [6.45, 7) is 0.980. The molecule has 0 aliphatic carbocycles. The Kier molecular flexibility index (Phi) is 6.01. The molecule has 9 heteroatoms. The average Bonchev–Trinajstić information content (AvgIpc) is 3.25. The van der Waals surface area contributed by atoms with Gasteiger partial charge in [0.2, 0.25) is 5.91 Å². The molecule has 4 rings (SSSR count). The average molecular weight is 444 g/mol. The number of nitrogens with one attached hydrogen (secondary N) is 1. The first kappa shape index (κ1) is 20.4. The largest absolute Gasteiger partial charge is 0.337 e. The zero-order valence-electron chi connectivity index (χ0n) is 16.0. The monoisotopic (exact) mass is 443 g/mol. The molecule has 1 saturated heterocycles. The number of nitrogens with zero attached hydrogens (tertiary/aromatic N) is 4.